The van der Waals surface area contributed by atoms with Crippen molar-refractivity contribution >= 4 is 11.4 Å². The van der Waals surface area contributed by atoms with Gasteiger partial charge in [-0.3, -0.25) is 4.79 Å². The minimum atomic E-state index is -0.902. The van der Waals surface area contributed by atoms with E-state index in [2.05, 4.69) is 15.0 Å². The van der Waals surface area contributed by atoms with Gasteiger partial charge in [0.2, 0.25) is 0 Å². The van der Waals surface area contributed by atoms with Gasteiger partial charge in [0.25, 0.3) is 0 Å². The number of piperidine rings is 1. The number of hydrogen-bond acceptors (Lipinski definition) is 4. The maximum Gasteiger partial charge on any atom is 0.351 e. The molecule has 7 heteroatoms. The number of pyridine rings is 1. The Bertz CT molecular complexity index is 1320. The fourth-order valence-corrected chi connectivity index (χ4v) is 6.05. The van der Waals surface area contributed by atoms with E-state index in [0.717, 1.165) is 48.0 Å². The van der Waals surface area contributed by atoms with Gasteiger partial charge in [-0.1, -0.05) is 49.2 Å². The normalized spacial score (nSPS) is 24.7. The monoisotopic (exact) mass is 454 g/mol. The number of nitrogens with one attached hydrogen (secondary N) is 1. The summed E-state index contributed by atoms with van der Waals surface area (Å²) in [6.07, 6.45) is 11.4. The zero-order chi connectivity index (χ0) is 23.1. The Balaban J connectivity index is 1.39. The molecule has 1 aliphatic heterocycles. The molecule has 0 radical (unpaired) electrons. The molecule has 172 valence electrons. The molecular weight excluding hydrogens is 426 g/mol. The van der Waals surface area contributed by atoms with Gasteiger partial charge >= 0.3 is 11.7 Å². The molecule has 0 spiro atoms. The first-order valence-electron chi connectivity index (χ1n) is 12.0. The third-order valence-corrected chi connectivity index (χ3v) is 7.66. The van der Waals surface area contributed by atoms with Gasteiger partial charge in [-0.25, -0.2) is 15.0 Å². The molecule has 1 saturated carbocycles. The predicted molar refractivity (Wildman–Crippen MR) is 127 cm³/mol. The molecule has 0 bridgehead atoms. The average molecular weight is 455 g/mol. The maximum absolute atomic E-state index is 14.0. The van der Waals surface area contributed by atoms with E-state index < -0.39 is 5.60 Å². The highest BCUT2D eigenvalue weighted by atomic mass is 16.3. The third-order valence-electron chi connectivity index (χ3n) is 7.66. The zero-order valence-electron chi connectivity index (χ0n) is 19.0. The van der Waals surface area contributed by atoms with Crippen molar-refractivity contribution in [2.75, 3.05) is 6.54 Å². The summed E-state index contributed by atoms with van der Waals surface area (Å²) in [5.41, 5.74) is 2.62. The van der Waals surface area contributed by atoms with Crippen LogP contribution in [0.1, 0.15) is 48.3 Å². The molecular formula is C27H28N5O2+. The molecule has 6 rings (SSSR count). The standard InChI is InChI=1S/C27H27N5O2/c33-26(25-30-24(19-16-28-18-29-17-19)23-12-6-7-14-31(23)25)32-15-13-27(34,20-8-2-1-3-9-20)21-10-4-5-11-22(21)32/h1-3,6-9,12,14,16-18,21-22,34H,4-5,10-11,13,15H2/p+1/t21-,22+,27-/m0/s1. The Hall–Kier alpha value is -3.58. The van der Waals surface area contributed by atoms with Crippen LogP contribution in [0.15, 0.2) is 73.4 Å². The SMILES string of the molecule is O=C(c1[nH]c(-c2cncnc2)c2cccc[n+]12)N1CC[C@](O)(c2ccccc2)[C@H]2CCCC[C@H]21. The molecule has 1 saturated heterocycles. The van der Waals surface area contributed by atoms with Crippen molar-refractivity contribution < 1.29 is 14.3 Å². The fraction of sp³-hybridized carbons (Fsp3) is 0.333. The summed E-state index contributed by atoms with van der Waals surface area (Å²) < 4.78 is 1.92. The summed E-state index contributed by atoms with van der Waals surface area (Å²) in [5.74, 6) is 0.509. The van der Waals surface area contributed by atoms with Crippen molar-refractivity contribution in [3.05, 3.63) is 84.8 Å². The molecule has 0 unspecified atom stereocenters. The highest BCUT2D eigenvalue weighted by molar-refractivity contribution is 5.91. The first-order chi connectivity index (χ1) is 16.7. The number of amides is 1. The second kappa shape index (κ2) is 8.33. The van der Waals surface area contributed by atoms with E-state index in [1.807, 2.05) is 64.0 Å². The van der Waals surface area contributed by atoms with E-state index in [-0.39, 0.29) is 17.9 Å². The number of fused-ring (bicyclic) bond motifs is 2. The first kappa shape index (κ1) is 21.0. The zero-order valence-corrected chi connectivity index (χ0v) is 19.0. The Morgan fingerprint density at radius 3 is 2.65 bits per heavy atom. The first-order valence-corrected chi connectivity index (χ1v) is 12.0. The molecule has 2 N–H and O–H groups in total. The largest absolute Gasteiger partial charge is 0.385 e. The van der Waals surface area contributed by atoms with E-state index in [0.29, 0.717) is 18.8 Å². The van der Waals surface area contributed by atoms with Crippen LogP contribution >= 0.6 is 0 Å². The van der Waals surface area contributed by atoms with Crippen LogP contribution < -0.4 is 4.40 Å². The van der Waals surface area contributed by atoms with Crippen LogP contribution in [0.3, 0.4) is 0 Å². The molecule has 34 heavy (non-hydrogen) atoms. The number of hydrogen-bond donors (Lipinski definition) is 2. The predicted octanol–water partition coefficient (Wildman–Crippen LogP) is 3.50. The number of likely N-dealkylation sites (tertiary alicyclic amines) is 1. The van der Waals surface area contributed by atoms with Crippen LogP contribution in [0.25, 0.3) is 16.8 Å². The van der Waals surface area contributed by atoms with Crippen LogP contribution in [-0.4, -0.2) is 43.5 Å². The van der Waals surface area contributed by atoms with Crippen molar-refractivity contribution in [2.24, 2.45) is 5.92 Å². The van der Waals surface area contributed by atoms with Crippen molar-refractivity contribution in [3.63, 3.8) is 0 Å². The minimum Gasteiger partial charge on any atom is -0.385 e. The van der Waals surface area contributed by atoms with Crippen LogP contribution in [-0.2, 0) is 5.60 Å². The summed E-state index contributed by atoms with van der Waals surface area (Å²) in [4.78, 5) is 27.7. The summed E-state index contributed by atoms with van der Waals surface area (Å²) in [6, 6.07) is 15.9. The van der Waals surface area contributed by atoms with Gasteiger partial charge in [0.05, 0.1) is 17.4 Å². The Morgan fingerprint density at radius 2 is 1.82 bits per heavy atom. The number of carbonyl (C=O) groups is 1. The van der Waals surface area contributed by atoms with Gasteiger partial charge in [0.15, 0.2) is 11.2 Å². The molecule has 3 aromatic heterocycles. The van der Waals surface area contributed by atoms with E-state index >= 15 is 0 Å². The van der Waals surface area contributed by atoms with Gasteiger partial charge < -0.3 is 10.0 Å². The Kier molecular flexibility index (Phi) is 5.14. The third kappa shape index (κ3) is 3.30. The number of aromatic nitrogens is 4. The summed E-state index contributed by atoms with van der Waals surface area (Å²) in [6.45, 7) is 0.517. The summed E-state index contributed by atoms with van der Waals surface area (Å²) in [5, 5.41) is 11.9. The molecule has 1 aromatic carbocycles. The highest BCUT2D eigenvalue weighted by Crippen LogP contribution is 2.47. The Morgan fingerprint density at radius 1 is 1.06 bits per heavy atom. The van der Waals surface area contributed by atoms with Gasteiger partial charge in [-0.05, 0) is 37.0 Å². The lowest BCUT2D eigenvalue weighted by molar-refractivity contribution is -0.514. The van der Waals surface area contributed by atoms with Crippen molar-refractivity contribution in [1.29, 1.82) is 0 Å². The van der Waals surface area contributed by atoms with Crippen molar-refractivity contribution in [2.45, 2.75) is 43.7 Å². The van der Waals surface area contributed by atoms with Gasteiger partial charge in [0.1, 0.15) is 6.33 Å². The minimum absolute atomic E-state index is 0.00590. The molecule has 4 aromatic rings. The number of nitrogens with zero attached hydrogens (tertiary/aromatic N) is 4. The number of aromatic amines is 1. The molecule has 2 aliphatic rings. The van der Waals surface area contributed by atoms with E-state index in [4.69, 9.17) is 0 Å². The topological polar surface area (TPSA) is 86.2 Å². The average Bonchev–Trinajstić information content (AvgIpc) is 3.30. The number of aliphatic hydroxyl groups is 1. The lowest BCUT2D eigenvalue weighted by Crippen LogP contribution is -2.59. The van der Waals surface area contributed by atoms with Crippen LogP contribution in [0, 0.1) is 5.92 Å². The highest BCUT2D eigenvalue weighted by Gasteiger charge is 2.51. The number of carbonyl (C=O) groups excluding carboxylic acids is 1. The van der Waals surface area contributed by atoms with E-state index in [1.54, 1.807) is 12.4 Å². The van der Waals surface area contributed by atoms with Gasteiger partial charge in [-0.2, -0.15) is 4.40 Å². The van der Waals surface area contributed by atoms with Crippen molar-refractivity contribution in [3.8, 4) is 11.3 Å². The lowest BCUT2D eigenvalue weighted by atomic mass is 9.66. The lowest BCUT2D eigenvalue weighted by Gasteiger charge is -2.52. The van der Waals surface area contributed by atoms with Crippen LogP contribution in [0.4, 0.5) is 0 Å². The molecule has 7 nitrogen and oxygen atoms in total. The second-order valence-electron chi connectivity index (χ2n) is 9.43. The molecule has 3 atom stereocenters. The smallest absolute Gasteiger partial charge is 0.351 e. The second-order valence-corrected chi connectivity index (χ2v) is 9.43. The number of rotatable bonds is 3. The Labute approximate surface area is 198 Å². The van der Waals surface area contributed by atoms with E-state index in [1.165, 1.54) is 6.33 Å². The molecule has 4 heterocycles. The summed E-state index contributed by atoms with van der Waals surface area (Å²) in [7, 11) is 0. The van der Waals surface area contributed by atoms with Gasteiger partial charge in [-0.15, -0.1) is 0 Å². The van der Waals surface area contributed by atoms with Crippen molar-refractivity contribution in [1.82, 2.24) is 19.9 Å². The van der Waals surface area contributed by atoms with Crippen LogP contribution in [0.2, 0.25) is 0 Å². The molecule has 2 fully saturated rings. The number of benzene rings is 1. The summed E-state index contributed by atoms with van der Waals surface area (Å²) >= 11 is 0. The van der Waals surface area contributed by atoms with E-state index in [9.17, 15) is 9.90 Å². The fourth-order valence-electron chi connectivity index (χ4n) is 6.05. The number of imidazole rings is 1. The van der Waals surface area contributed by atoms with Gasteiger partial charge in [0, 0.05) is 30.9 Å². The quantitative estimate of drug-likeness (QED) is 0.464. The molecule has 1 aliphatic carbocycles. The number of H-pyrrole nitrogens is 1. The molecule has 1 amide bonds. The maximum atomic E-state index is 14.0. The van der Waals surface area contributed by atoms with Crippen LogP contribution in [0.5, 0.6) is 0 Å².